The molecule has 0 aromatic rings. The van der Waals surface area contributed by atoms with E-state index in [-0.39, 0.29) is 25.8 Å². The Morgan fingerprint density at radius 1 is 1.29 bits per heavy atom. The zero-order chi connectivity index (χ0) is 15.8. The lowest BCUT2D eigenvalue weighted by Crippen LogP contribution is -2.50. The first-order valence-electron chi connectivity index (χ1n) is 7.11. The molecule has 0 aromatic carbocycles. The molecule has 2 atom stereocenters. The number of nitrogens with one attached hydrogen (secondary N) is 2. The summed E-state index contributed by atoms with van der Waals surface area (Å²) in [6.45, 7) is 5.13. The highest BCUT2D eigenvalue weighted by molar-refractivity contribution is 5.95. The molecule has 1 rings (SSSR count). The molecule has 3 N–H and O–H groups in total. The SMILES string of the molecule is CCCNC(=O)NC(=O)CN(CC)C1COCC1C(=O)O. The predicted molar refractivity (Wildman–Crippen MR) is 74.8 cm³/mol. The molecule has 0 radical (unpaired) electrons. The summed E-state index contributed by atoms with van der Waals surface area (Å²) < 4.78 is 5.20. The van der Waals surface area contributed by atoms with Gasteiger partial charge >= 0.3 is 12.0 Å². The van der Waals surface area contributed by atoms with Gasteiger partial charge < -0.3 is 15.2 Å². The smallest absolute Gasteiger partial charge is 0.321 e. The summed E-state index contributed by atoms with van der Waals surface area (Å²) in [7, 11) is 0. The summed E-state index contributed by atoms with van der Waals surface area (Å²) >= 11 is 0. The molecule has 1 saturated heterocycles. The Hall–Kier alpha value is -1.67. The quantitative estimate of drug-likeness (QED) is 0.593. The highest BCUT2D eigenvalue weighted by atomic mass is 16.5. The van der Waals surface area contributed by atoms with Crippen molar-refractivity contribution >= 4 is 17.9 Å². The van der Waals surface area contributed by atoms with E-state index in [2.05, 4.69) is 10.6 Å². The molecule has 1 fully saturated rings. The first-order chi connectivity index (χ1) is 9.99. The van der Waals surface area contributed by atoms with E-state index in [9.17, 15) is 14.4 Å². The fourth-order valence-corrected chi connectivity index (χ4v) is 2.24. The number of hydrogen-bond donors (Lipinski definition) is 3. The Labute approximate surface area is 123 Å². The van der Waals surface area contributed by atoms with Gasteiger partial charge in [-0.1, -0.05) is 13.8 Å². The number of nitrogens with zero attached hydrogens (tertiary/aromatic N) is 1. The summed E-state index contributed by atoms with van der Waals surface area (Å²) in [4.78, 5) is 36.1. The molecule has 0 bridgehead atoms. The van der Waals surface area contributed by atoms with Crippen LogP contribution in [0.1, 0.15) is 20.3 Å². The third kappa shape index (κ3) is 5.31. The van der Waals surface area contributed by atoms with Crippen LogP contribution in [0.5, 0.6) is 0 Å². The Balaban J connectivity index is 2.51. The summed E-state index contributed by atoms with van der Waals surface area (Å²) in [5.74, 6) is -2.04. The van der Waals surface area contributed by atoms with Crippen LogP contribution in [0.15, 0.2) is 0 Å². The minimum absolute atomic E-state index is 0.0339. The second kappa shape index (κ2) is 8.58. The molecule has 0 aliphatic carbocycles. The van der Waals surface area contributed by atoms with Crippen LogP contribution in [0.4, 0.5) is 4.79 Å². The maximum Gasteiger partial charge on any atom is 0.321 e. The predicted octanol–water partition coefficient (Wildman–Crippen LogP) is -0.356. The minimum atomic E-state index is -0.933. The van der Waals surface area contributed by atoms with Crippen molar-refractivity contribution in [2.45, 2.75) is 26.3 Å². The van der Waals surface area contributed by atoms with Crippen LogP contribution in [0.2, 0.25) is 0 Å². The van der Waals surface area contributed by atoms with Gasteiger partial charge in [0.2, 0.25) is 5.91 Å². The molecule has 120 valence electrons. The van der Waals surface area contributed by atoms with Crippen LogP contribution in [0.25, 0.3) is 0 Å². The second-order valence-electron chi connectivity index (χ2n) is 4.92. The number of ether oxygens (including phenoxy) is 1. The molecule has 1 aliphatic rings. The number of likely N-dealkylation sites (N-methyl/N-ethyl adjacent to an activating group) is 1. The molecule has 0 spiro atoms. The van der Waals surface area contributed by atoms with Crippen LogP contribution in [-0.4, -0.2) is 66.8 Å². The van der Waals surface area contributed by atoms with Gasteiger partial charge in [-0.15, -0.1) is 0 Å². The van der Waals surface area contributed by atoms with Crippen molar-refractivity contribution in [2.24, 2.45) is 5.92 Å². The Bertz CT molecular complexity index is 388. The lowest BCUT2D eigenvalue weighted by Gasteiger charge is -2.28. The first kappa shape index (κ1) is 17.4. The molecule has 3 amide bonds. The Morgan fingerprint density at radius 2 is 2.00 bits per heavy atom. The third-order valence-corrected chi connectivity index (χ3v) is 3.38. The number of carboxylic acid groups (broad SMARTS) is 1. The normalized spacial score (nSPS) is 21.3. The number of urea groups is 1. The van der Waals surface area contributed by atoms with Gasteiger partial charge in [0.25, 0.3) is 0 Å². The number of hydrogen-bond acceptors (Lipinski definition) is 5. The maximum absolute atomic E-state index is 11.8. The van der Waals surface area contributed by atoms with E-state index < -0.39 is 23.8 Å². The molecule has 21 heavy (non-hydrogen) atoms. The van der Waals surface area contributed by atoms with Gasteiger partial charge in [-0.2, -0.15) is 0 Å². The molecule has 0 aromatic heterocycles. The number of rotatable bonds is 7. The number of aliphatic carboxylic acids is 1. The van der Waals surface area contributed by atoms with Crippen molar-refractivity contribution in [2.75, 3.05) is 32.8 Å². The lowest BCUT2D eigenvalue weighted by molar-refractivity contribution is -0.143. The fourth-order valence-electron chi connectivity index (χ4n) is 2.24. The minimum Gasteiger partial charge on any atom is -0.481 e. The van der Waals surface area contributed by atoms with Crippen LogP contribution in [0, 0.1) is 5.92 Å². The molecule has 8 nitrogen and oxygen atoms in total. The summed E-state index contributed by atoms with van der Waals surface area (Å²) in [6, 6.07) is -0.882. The van der Waals surface area contributed by atoms with E-state index in [1.165, 1.54) is 0 Å². The van der Waals surface area contributed by atoms with Crippen molar-refractivity contribution in [1.82, 2.24) is 15.5 Å². The summed E-state index contributed by atoms with van der Waals surface area (Å²) in [5.41, 5.74) is 0. The highest BCUT2D eigenvalue weighted by Gasteiger charge is 2.38. The molecule has 8 heteroatoms. The average Bonchev–Trinajstić information content (AvgIpc) is 2.91. The van der Waals surface area contributed by atoms with E-state index in [0.717, 1.165) is 6.42 Å². The molecular weight excluding hydrogens is 278 g/mol. The van der Waals surface area contributed by atoms with E-state index in [4.69, 9.17) is 9.84 Å². The number of amides is 3. The van der Waals surface area contributed by atoms with Crippen molar-refractivity contribution in [3.05, 3.63) is 0 Å². The van der Waals surface area contributed by atoms with Gasteiger partial charge in [0.05, 0.1) is 25.7 Å². The second-order valence-corrected chi connectivity index (χ2v) is 4.92. The monoisotopic (exact) mass is 301 g/mol. The Kier molecular flexibility index (Phi) is 7.10. The zero-order valence-corrected chi connectivity index (χ0v) is 12.4. The highest BCUT2D eigenvalue weighted by Crippen LogP contribution is 2.19. The van der Waals surface area contributed by atoms with Crippen LogP contribution < -0.4 is 10.6 Å². The van der Waals surface area contributed by atoms with Crippen molar-refractivity contribution in [1.29, 1.82) is 0 Å². The van der Waals surface area contributed by atoms with E-state index in [1.54, 1.807) is 4.90 Å². The topological polar surface area (TPSA) is 108 Å². The van der Waals surface area contributed by atoms with Gasteiger partial charge in [-0.05, 0) is 13.0 Å². The molecule has 2 unspecified atom stereocenters. The first-order valence-corrected chi connectivity index (χ1v) is 7.11. The third-order valence-electron chi connectivity index (χ3n) is 3.38. The molecular formula is C13H23N3O5. The van der Waals surface area contributed by atoms with Gasteiger partial charge in [0, 0.05) is 12.6 Å². The number of carbonyl (C=O) groups excluding carboxylic acids is 2. The van der Waals surface area contributed by atoms with Gasteiger partial charge in [-0.3, -0.25) is 19.8 Å². The number of imide groups is 1. The number of carboxylic acids is 1. The lowest BCUT2D eigenvalue weighted by atomic mass is 10.0. The standard InChI is InChI=1S/C13H23N3O5/c1-3-5-14-13(20)15-11(17)6-16(4-2)10-8-21-7-9(10)12(18)19/h9-10H,3-8H2,1-2H3,(H,18,19)(H2,14,15,17,20). The summed E-state index contributed by atoms with van der Waals surface area (Å²) in [6.07, 6.45) is 0.780. The van der Waals surface area contributed by atoms with Crippen LogP contribution in [0.3, 0.4) is 0 Å². The van der Waals surface area contributed by atoms with E-state index >= 15 is 0 Å². The van der Waals surface area contributed by atoms with Gasteiger partial charge in [0.15, 0.2) is 0 Å². The van der Waals surface area contributed by atoms with Crippen molar-refractivity contribution in [3.8, 4) is 0 Å². The van der Waals surface area contributed by atoms with Gasteiger partial charge in [-0.25, -0.2) is 4.79 Å². The number of carbonyl (C=O) groups is 3. The Morgan fingerprint density at radius 3 is 2.57 bits per heavy atom. The molecule has 0 saturated carbocycles. The fraction of sp³-hybridized carbons (Fsp3) is 0.769. The van der Waals surface area contributed by atoms with E-state index in [1.807, 2.05) is 13.8 Å². The van der Waals surface area contributed by atoms with Crippen LogP contribution in [-0.2, 0) is 14.3 Å². The van der Waals surface area contributed by atoms with E-state index in [0.29, 0.717) is 13.1 Å². The largest absolute Gasteiger partial charge is 0.481 e. The molecule has 1 heterocycles. The van der Waals surface area contributed by atoms with Gasteiger partial charge in [0.1, 0.15) is 0 Å². The zero-order valence-electron chi connectivity index (χ0n) is 12.4. The summed E-state index contributed by atoms with van der Waals surface area (Å²) in [5, 5.41) is 13.9. The van der Waals surface area contributed by atoms with Crippen molar-refractivity contribution < 1.29 is 24.2 Å². The van der Waals surface area contributed by atoms with Crippen molar-refractivity contribution in [3.63, 3.8) is 0 Å². The maximum atomic E-state index is 11.8. The molecule has 1 aliphatic heterocycles. The average molecular weight is 301 g/mol. The van der Waals surface area contributed by atoms with Crippen LogP contribution >= 0.6 is 0 Å².